The molecule has 3 rings (SSSR count). The van der Waals surface area contributed by atoms with E-state index in [1.54, 1.807) is 18.3 Å². The molecule has 0 bridgehead atoms. The van der Waals surface area contributed by atoms with Gasteiger partial charge in [0.2, 0.25) is 0 Å². The minimum absolute atomic E-state index is 0.244. The normalized spacial score (nSPS) is 10.7. The quantitative estimate of drug-likeness (QED) is 0.741. The molecule has 0 aliphatic carbocycles. The van der Waals surface area contributed by atoms with Crippen LogP contribution in [0.15, 0.2) is 51.8 Å². The molecule has 21 heavy (non-hydrogen) atoms. The zero-order valence-electron chi connectivity index (χ0n) is 11.4. The Labute approximate surface area is 120 Å². The molecule has 2 aromatic heterocycles. The number of aryl methyl sites for hydroxylation is 1. The highest BCUT2D eigenvalue weighted by molar-refractivity contribution is 5.82. The molecule has 3 aromatic rings. The van der Waals surface area contributed by atoms with Gasteiger partial charge in [-0.15, -0.1) is 0 Å². The van der Waals surface area contributed by atoms with Gasteiger partial charge in [0, 0.05) is 6.20 Å². The molecular weight excluding hydrogens is 270 g/mol. The fourth-order valence-electron chi connectivity index (χ4n) is 1.86. The van der Waals surface area contributed by atoms with E-state index in [1.807, 2.05) is 31.2 Å². The largest absolute Gasteiger partial charge is 0.441 e. The van der Waals surface area contributed by atoms with Crippen LogP contribution in [0.4, 0.5) is 5.82 Å². The number of hydrogen-bond acceptors (Lipinski definition) is 6. The molecule has 0 fully saturated rings. The molecule has 0 spiro atoms. The Balaban J connectivity index is 1.76. The van der Waals surface area contributed by atoms with Crippen molar-refractivity contribution in [3.63, 3.8) is 0 Å². The number of pyridine rings is 1. The molecule has 0 saturated carbocycles. The predicted octanol–water partition coefficient (Wildman–Crippen LogP) is 2.44. The minimum Gasteiger partial charge on any atom is -0.406 e. The standard InChI is InChI=1S/C15H13N3O3/c1-10-4-6-11(7-5-10)9-20-18-14-13-12(3-2-8-16-13)21-15(19)17-14/h2-8H,9H2,1H3,(H,17,18,19). The summed E-state index contributed by atoms with van der Waals surface area (Å²) in [5.41, 5.74) is 5.66. The van der Waals surface area contributed by atoms with Crippen LogP contribution in [0.3, 0.4) is 0 Å². The van der Waals surface area contributed by atoms with Crippen molar-refractivity contribution in [2.45, 2.75) is 13.5 Å². The Morgan fingerprint density at radius 2 is 2.05 bits per heavy atom. The highest BCUT2D eigenvalue weighted by Gasteiger charge is 2.07. The molecule has 106 valence electrons. The molecule has 2 heterocycles. The maximum Gasteiger partial charge on any atom is 0.441 e. The van der Waals surface area contributed by atoms with Crippen LogP contribution in [0, 0.1) is 6.92 Å². The second-order valence-electron chi connectivity index (χ2n) is 4.55. The molecule has 0 atom stereocenters. The minimum atomic E-state index is -0.697. The van der Waals surface area contributed by atoms with E-state index in [4.69, 9.17) is 9.25 Å². The molecule has 6 nitrogen and oxygen atoms in total. The lowest BCUT2D eigenvalue weighted by Gasteiger charge is -2.07. The van der Waals surface area contributed by atoms with Crippen molar-refractivity contribution >= 4 is 16.9 Å². The van der Waals surface area contributed by atoms with Gasteiger partial charge in [-0.05, 0) is 24.6 Å². The molecular formula is C15H13N3O3. The highest BCUT2D eigenvalue weighted by atomic mass is 16.6. The van der Waals surface area contributed by atoms with Crippen molar-refractivity contribution in [3.8, 4) is 0 Å². The molecule has 0 aliphatic rings. The summed E-state index contributed by atoms with van der Waals surface area (Å²) in [5, 5.41) is 0. The van der Waals surface area contributed by atoms with Crippen LogP contribution < -0.4 is 11.2 Å². The van der Waals surface area contributed by atoms with Gasteiger partial charge in [0.25, 0.3) is 0 Å². The Morgan fingerprint density at radius 3 is 2.86 bits per heavy atom. The van der Waals surface area contributed by atoms with Crippen molar-refractivity contribution in [1.29, 1.82) is 0 Å². The molecule has 1 aromatic carbocycles. The second-order valence-corrected chi connectivity index (χ2v) is 4.55. The summed E-state index contributed by atoms with van der Waals surface area (Å²) in [4.78, 5) is 24.6. The molecule has 0 radical (unpaired) electrons. The number of aromatic nitrogens is 2. The third-order valence-corrected chi connectivity index (χ3v) is 2.92. The number of benzene rings is 1. The fourth-order valence-corrected chi connectivity index (χ4v) is 1.86. The molecule has 0 saturated heterocycles. The Bertz CT molecular complexity index is 812. The van der Waals surface area contributed by atoms with Crippen LogP contribution in [-0.4, -0.2) is 9.97 Å². The van der Waals surface area contributed by atoms with Gasteiger partial charge >= 0.3 is 5.76 Å². The summed E-state index contributed by atoms with van der Waals surface area (Å²) in [6.45, 7) is 2.37. The van der Waals surface area contributed by atoms with Crippen LogP contribution >= 0.6 is 0 Å². The van der Waals surface area contributed by atoms with Crippen molar-refractivity contribution in [3.05, 3.63) is 64.3 Å². The average Bonchev–Trinajstić information content (AvgIpc) is 2.49. The van der Waals surface area contributed by atoms with E-state index >= 15 is 0 Å². The van der Waals surface area contributed by atoms with Crippen molar-refractivity contribution in [1.82, 2.24) is 9.97 Å². The smallest absolute Gasteiger partial charge is 0.406 e. The molecule has 1 N–H and O–H groups in total. The third-order valence-electron chi connectivity index (χ3n) is 2.92. The van der Waals surface area contributed by atoms with Gasteiger partial charge < -0.3 is 4.42 Å². The van der Waals surface area contributed by atoms with Gasteiger partial charge in [-0.3, -0.25) is 4.84 Å². The van der Waals surface area contributed by atoms with Crippen molar-refractivity contribution in [2.24, 2.45) is 0 Å². The van der Waals surface area contributed by atoms with Gasteiger partial charge in [0.1, 0.15) is 0 Å². The summed E-state index contributed by atoms with van der Waals surface area (Å²) in [5.74, 6) is -0.453. The maximum absolute atomic E-state index is 11.4. The van der Waals surface area contributed by atoms with Gasteiger partial charge in [-0.2, -0.15) is 4.98 Å². The fraction of sp³-hybridized carbons (Fsp3) is 0.133. The Morgan fingerprint density at radius 1 is 1.24 bits per heavy atom. The van der Waals surface area contributed by atoms with Crippen molar-refractivity contribution in [2.75, 3.05) is 5.48 Å². The van der Waals surface area contributed by atoms with E-state index in [1.165, 1.54) is 5.56 Å². The number of hydrogen-bond donors (Lipinski definition) is 1. The first-order chi connectivity index (χ1) is 10.2. The van der Waals surface area contributed by atoms with Gasteiger partial charge in [-0.25, -0.2) is 15.3 Å². The van der Waals surface area contributed by atoms with E-state index < -0.39 is 5.76 Å². The number of anilines is 1. The van der Waals surface area contributed by atoms with Crippen LogP contribution in [0.1, 0.15) is 11.1 Å². The monoisotopic (exact) mass is 283 g/mol. The van der Waals surface area contributed by atoms with Crippen LogP contribution in [0.5, 0.6) is 0 Å². The zero-order valence-corrected chi connectivity index (χ0v) is 11.4. The number of fused-ring (bicyclic) bond motifs is 1. The van der Waals surface area contributed by atoms with Crippen LogP contribution in [-0.2, 0) is 11.4 Å². The highest BCUT2D eigenvalue weighted by Crippen LogP contribution is 2.16. The molecule has 0 aliphatic heterocycles. The Kier molecular flexibility index (Phi) is 3.61. The zero-order chi connectivity index (χ0) is 14.7. The van der Waals surface area contributed by atoms with E-state index in [0.717, 1.165) is 5.56 Å². The van der Waals surface area contributed by atoms with E-state index in [0.29, 0.717) is 17.7 Å². The van der Waals surface area contributed by atoms with Gasteiger partial charge in [0.15, 0.2) is 16.9 Å². The first kappa shape index (κ1) is 13.3. The van der Waals surface area contributed by atoms with Crippen LogP contribution in [0.25, 0.3) is 11.1 Å². The predicted molar refractivity (Wildman–Crippen MR) is 77.7 cm³/mol. The maximum atomic E-state index is 11.4. The average molecular weight is 283 g/mol. The SMILES string of the molecule is Cc1ccc(CONc2nc(=O)oc3cccnc23)cc1. The molecule has 6 heteroatoms. The number of rotatable bonds is 4. The topological polar surface area (TPSA) is 77.2 Å². The lowest BCUT2D eigenvalue weighted by Crippen LogP contribution is -2.11. The van der Waals surface area contributed by atoms with E-state index in [2.05, 4.69) is 15.4 Å². The van der Waals surface area contributed by atoms with Crippen LogP contribution in [0.2, 0.25) is 0 Å². The summed E-state index contributed by atoms with van der Waals surface area (Å²) in [6, 6.07) is 11.3. The van der Waals surface area contributed by atoms with Crippen molar-refractivity contribution < 1.29 is 9.25 Å². The lowest BCUT2D eigenvalue weighted by molar-refractivity contribution is 0.179. The van der Waals surface area contributed by atoms with Gasteiger partial charge in [0.05, 0.1) is 6.61 Å². The lowest BCUT2D eigenvalue weighted by atomic mass is 10.2. The summed E-state index contributed by atoms with van der Waals surface area (Å²) < 4.78 is 4.96. The summed E-state index contributed by atoms with van der Waals surface area (Å²) >= 11 is 0. The number of nitrogens with one attached hydrogen (secondary N) is 1. The van der Waals surface area contributed by atoms with E-state index in [-0.39, 0.29) is 5.82 Å². The molecule has 0 unspecified atom stereocenters. The van der Waals surface area contributed by atoms with Gasteiger partial charge in [-0.1, -0.05) is 29.8 Å². The summed E-state index contributed by atoms with van der Waals surface area (Å²) in [6.07, 6.45) is 1.59. The molecule has 0 amide bonds. The number of nitrogens with zero attached hydrogens (tertiary/aromatic N) is 2. The summed E-state index contributed by atoms with van der Waals surface area (Å²) in [7, 11) is 0. The first-order valence-corrected chi connectivity index (χ1v) is 6.41. The third kappa shape index (κ3) is 3.06. The Hall–Kier alpha value is -2.73. The second kappa shape index (κ2) is 5.72. The van der Waals surface area contributed by atoms with E-state index in [9.17, 15) is 4.79 Å². The first-order valence-electron chi connectivity index (χ1n) is 6.41.